The number of nitrogens with one attached hydrogen (secondary N) is 1. The van der Waals surface area contributed by atoms with E-state index in [9.17, 15) is 4.39 Å². The molecule has 1 aliphatic carbocycles. The summed E-state index contributed by atoms with van der Waals surface area (Å²) in [7, 11) is 0. The number of fused-ring (bicyclic) bond motifs is 1. The minimum absolute atomic E-state index is 0.252. The minimum atomic E-state index is -0.252. The van der Waals surface area contributed by atoms with Crippen LogP contribution in [0.25, 0.3) is 5.57 Å². The van der Waals surface area contributed by atoms with Gasteiger partial charge in [-0.05, 0) is 23.1 Å². The Morgan fingerprint density at radius 3 is 3.07 bits per heavy atom. The van der Waals surface area contributed by atoms with Gasteiger partial charge in [0, 0.05) is 25.2 Å². The first-order chi connectivity index (χ1) is 6.84. The number of hydrogen-bond donors (Lipinski definition) is 1. The molecule has 1 aliphatic heterocycles. The SMILES string of the molecule is Fc1cncc(C2=CC3CNCC23)c1. The number of hydrogen-bond acceptors (Lipinski definition) is 2. The maximum atomic E-state index is 12.9. The topological polar surface area (TPSA) is 24.9 Å². The van der Waals surface area contributed by atoms with Crippen LogP contribution in [0.2, 0.25) is 0 Å². The smallest absolute Gasteiger partial charge is 0.142 e. The van der Waals surface area contributed by atoms with E-state index in [1.165, 1.54) is 11.8 Å². The van der Waals surface area contributed by atoms with Crippen LogP contribution in [0.4, 0.5) is 4.39 Å². The molecule has 1 N–H and O–H groups in total. The molecule has 3 rings (SSSR count). The van der Waals surface area contributed by atoms with Crippen LogP contribution in [-0.2, 0) is 0 Å². The van der Waals surface area contributed by atoms with Crippen LogP contribution in [0.1, 0.15) is 5.56 Å². The molecule has 1 aromatic rings. The molecular weight excluding hydrogens is 179 g/mol. The van der Waals surface area contributed by atoms with Gasteiger partial charge in [-0.25, -0.2) is 4.39 Å². The Hall–Kier alpha value is -1.22. The summed E-state index contributed by atoms with van der Waals surface area (Å²) in [6, 6.07) is 1.56. The first kappa shape index (κ1) is 8.12. The van der Waals surface area contributed by atoms with Gasteiger partial charge in [0.1, 0.15) is 5.82 Å². The van der Waals surface area contributed by atoms with E-state index in [1.807, 2.05) is 0 Å². The van der Waals surface area contributed by atoms with Crippen molar-refractivity contribution < 1.29 is 4.39 Å². The largest absolute Gasteiger partial charge is 0.315 e. The molecule has 0 aromatic carbocycles. The summed E-state index contributed by atoms with van der Waals surface area (Å²) >= 11 is 0. The highest BCUT2D eigenvalue weighted by Gasteiger charge is 2.36. The van der Waals surface area contributed by atoms with Gasteiger partial charge in [-0.15, -0.1) is 0 Å². The summed E-state index contributed by atoms with van der Waals surface area (Å²) in [4.78, 5) is 3.87. The molecule has 14 heavy (non-hydrogen) atoms. The van der Waals surface area contributed by atoms with E-state index < -0.39 is 0 Å². The van der Waals surface area contributed by atoms with Gasteiger partial charge in [0.2, 0.25) is 0 Å². The molecule has 0 saturated carbocycles. The molecule has 1 saturated heterocycles. The van der Waals surface area contributed by atoms with Crippen LogP contribution >= 0.6 is 0 Å². The number of halogens is 1. The number of rotatable bonds is 1. The second kappa shape index (κ2) is 2.89. The van der Waals surface area contributed by atoms with E-state index >= 15 is 0 Å². The zero-order chi connectivity index (χ0) is 9.54. The molecule has 0 bridgehead atoms. The molecule has 2 unspecified atom stereocenters. The maximum absolute atomic E-state index is 12.9. The summed E-state index contributed by atoms with van der Waals surface area (Å²) < 4.78 is 12.9. The molecule has 0 spiro atoms. The minimum Gasteiger partial charge on any atom is -0.315 e. The maximum Gasteiger partial charge on any atom is 0.142 e. The van der Waals surface area contributed by atoms with E-state index in [0.29, 0.717) is 11.8 Å². The van der Waals surface area contributed by atoms with Crippen molar-refractivity contribution in [3.05, 3.63) is 35.9 Å². The van der Waals surface area contributed by atoms with Gasteiger partial charge in [0.05, 0.1) is 6.20 Å². The quantitative estimate of drug-likeness (QED) is 0.725. The van der Waals surface area contributed by atoms with E-state index in [2.05, 4.69) is 16.4 Å². The van der Waals surface area contributed by atoms with Gasteiger partial charge in [0.25, 0.3) is 0 Å². The third-order valence-electron chi connectivity index (χ3n) is 3.09. The Balaban J connectivity index is 1.94. The lowest BCUT2D eigenvalue weighted by Gasteiger charge is -2.29. The van der Waals surface area contributed by atoms with Crippen LogP contribution in [0.5, 0.6) is 0 Å². The second-order valence-corrected chi connectivity index (χ2v) is 3.94. The summed E-state index contributed by atoms with van der Waals surface area (Å²) in [5.41, 5.74) is 2.20. The Kier molecular flexibility index (Phi) is 1.67. The first-order valence-corrected chi connectivity index (χ1v) is 4.88. The predicted octanol–water partition coefficient (Wildman–Crippen LogP) is 1.45. The van der Waals surface area contributed by atoms with Gasteiger partial charge in [-0.3, -0.25) is 4.98 Å². The Morgan fingerprint density at radius 2 is 2.29 bits per heavy atom. The molecule has 2 nitrogen and oxygen atoms in total. The van der Waals surface area contributed by atoms with Crippen LogP contribution in [0.3, 0.4) is 0 Å². The fourth-order valence-corrected chi connectivity index (χ4v) is 2.33. The average molecular weight is 190 g/mol. The highest BCUT2D eigenvalue weighted by atomic mass is 19.1. The summed E-state index contributed by atoms with van der Waals surface area (Å²) in [5, 5.41) is 3.33. The van der Waals surface area contributed by atoms with Crippen molar-refractivity contribution >= 4 is 5.57 Å². The molecule has 1 aromatic heterocycles. The summed E-state index contributed by atoms with van der Waals surface area (Å²) in [6.07, 6.45) is 5.21. The molecule has 3 heteroatoms. The Labute approximate surface area is 81.9 Å². The van der Waals surface area contributed by atoms with Crippen molar-refractivity contribution in [2.45, 2.75) is 0 Å². The molecule has 0 amide bonds. The standard InChI is InChI=1S/C11H11FN2/c12-9-1-7(3-13-5-9)10-2-8-4-14-6-11(8)10/h1-3,5,8,11,14H,4,6H2. The highest BCUT2D eigenvalue weighted by Crippen LogP contribution is 2.42. The van der Waals surface area contributed by atoms with Crippen molar-refractivity contribution in [1.29, 1.82) is 0 Å². The Bertz CT molecular complexity index is 400. The van der Waals surface area contributed by atoms with Crippen molar-refractivity contribution in [3.8, 4) is 0 Å². The zero-order valence-electron chi connectivity index (χ0n) is 7.70. The van der Waals surface area contributed by atoms with Gasteiger partial charge < -0.3 is 5.32 Å². The lowest BCUT2D eigenvalue weighted by Crippen LogP contribution is -2.22. The van der Waals surface area contributed by atoms with Gasteiger partial charge in [0.15, 0.2) is 0 Å². The van der Waals surface area contributed by atoms with Gasteiger partial charge >= 0.3 is 0 Å². The van der Waals surface area contributed by atoms with E-state index in [-0.39, 0.29) is 5.82 Å². The molecule has 0 radical (unpaired) electrons. The number of pyridine rings is 1. The van der Waals surface area contributed by atoms with Crippen LogP contribution in [0.15, 0.2) is 24.5 Å². The summed E-state index contributed by atoms with van der Waals surface area (Å²) in [6.45, 7) is 2.09. The van der Waals surface area contributed by atoms with Gasteiger partial charge in [-0.1, -0.05) is 6.08 Å². The van der Waals surface area contributed by atoms with Gasteiger partial charge in [-0.2, -0.15) is 0 Å². The van der Waals surface area contributed by atoms with Crippen molar-refractivity contribution in [2.75, 3.05) is 13.1 Å². The fraction of sp³-hybridized carbons (Fsp3) is 0.364. The first-order valence-electron chi connectivity index (χ1n) is 4.88. The lowest BCUT2D eigenvalue weighted by molar-refractivity contribution is 0.562. The zero-order valence-corrected chi connectivity index (χ0v) is 7.70. The van der Waals surface area contributed by atoms with Crippen molar-refractivity contribution in [1.82, 2.24) is 10.3 Å². The normalized spacial score (nSPS) is 29.4. The third-order valence-corrected chi connectivity index (χ3v) is 3.09. The van der Waals surface area contributed by atoms with Crippen molar-refractivity contribution in [3.63, 3.8) is 0 Å². The third kappa shape index (κ3) is 1.09. The molecule has 2 heterocycles. The number of aromatic nitrogens is 1. The molecular formula is C11H11FN2. The fourth-order valence-electron chi connectivity index (χ4n) is 2.33. The van der Waals surface area contributed by atoms with E-state index in [4.69, 9.17) is 0 Å². The summed E-state index contributed by atoms with van der Waals surface area (Å²) in [5.74, 6) is 0.990. The number of nitrogens with zero attached hydrogens (tertiary/aromatic N) is 1. The lowest BCUT2D eigenvalue weighted by atomic mass is 9.74. The molecule has 2 atom stereocenters. The van der Waals surface area contributed by atoms with Crippen LogP contribution in [-0.4, -0.2) is 18.1 Å². The average Bonchev–Trinajstić information content (AvgIpc) is 2.48. The monoisotopic (exact) mass is 190 g/mol. The molecule has 72 valence electrons. The second-order valence-electron chi connectivity index (χ2n) is 3.94. The van der Waals surface area contributed by atoms with Crippen LogP contribution < -0.4 is 5.32 Å². The van der Waals surface area contributed by atoms with Crippen molar-refractivity contribution in [2.24, 2.45) is 11.8 Å². The predicted molar refractivity (Wildman–Crippen MR) is 52.0 cm³/mol. The highest BCUT2D eigenvalue weighted by molar-refractivity contribution is 5.73. The van der Waals surface area contributed by atoms with Crippen LogP contribution in [0, 0.1) is 17.7 Å². The van der Waals surface area contributed by atoms with E-state index in [0.717, 1.165) is 18.7 Å². The molecule has 2 aliphatic rings. The Morgan fingerprint density at radius 1 is 1.36 bits per heavy atom. The molecule has 1 fully saturated rings. The van der Waals surface area contributed by atoms with E-state index in [1.54, 1.807) is 12.3 Å².